The van der Waals surface area contributed by atoms with E-state index >= 15 is 0 Å². The molecule has 2 rings (SSSR count). The van der Waals surface area contributed by atoms with Gasteiger partial charge >= 0.3 is 0 Å². The van der Waals surface area contributed by atoms with Crippen LogP contribution < -0.4 is 5.73 Å². The molecule has 1 saturated carbocycles. The van der Waals surface area contributed by atoms with Crippen LogP contribution in [0.3, 0.4) is 0 Å². The molecule has 1 saturated heterocycles. The van der Waals surface area contributed by atoms with E-state index in [4.69, 9.17) is 5.73 Å². The Bertz CT molecular complexity index is 253. The second-order valence-electron chi connectivity index (χ2n) is 6.55. The molecular formula is C16H32N2. The number of hydrogen-bond acceptors (Lipinski definition) is 2. The molecule has 0 aromatic rings. The minimum Gasteiger partial charge on any atom is -0.329 e. The molecule has 18 heavy (non-hydrogen) atoms. The van der Waals surface area contributed by atoms with Crippen LogP contribution >= 0.6 is 0 Å². The summed E-state index contributed by atoms with van der Waals surface area (Å²) >= 11 is 0. The van der Waals surface area contributed by atoms with E-state index in [1.165, 1.54) is 64.3 Å². The normalized spacial score (nSPS) is 39.5. The standard InChI is InChI=1S/C16H32N2/c1-3-15-10-6-7-11-16(15,13-17)18-12-8-4-5-9-14(18)2/h14-15H,3-13,17H2,1-2H3. The molecule has 0 aromatic heterocycles. The van der Waals surface area contributed by atoms with Crippen LogP contribution in [0.15, 0.2) is 0 Å². The smallest absolute Gasteiger partial charge is 0.0362 e. The minimum atomic E-state index is 0.330. The Kier molecular flexibility index (Phi) is 5.08. The monoisotopic (exact) mass is 252 g/mol. The summed E-state index contributed by atoms with van der Waals surface area (Å²) in [7, 11) is 0. The minimum absolute atomic E-state index is 0.330. The van der Waals surface area contributed by atoms with Crippen LogP contribution in [0, 0.1) is 5.92 Å². The lowest BCUT2D eigenvalue weighted by Crippen LogP contribution is -2.62. The van der Waals surface area contributed by atoms with Gasteiger partial charge in [0.2, 0.25) is 0 Å². The predicted molar refractivity (Wildman–Crippen MR) is 78.7 cm³/mol. The molecule has 2 heteroatoms. The SMILES string of the molecule is CCC1CCCCC1(CN)N1CCCCCC1C. The van der Waals surface area contributed by atoms with Crippen LogP contribution in [-0.2, 0) is 0 Å². The third-order valence-corrected chi connectivity index (χ3v) is 5.64. The van der Waals surface area contributed by atoms with Crippen LogP contribution in [0.5, 0.6) is 0 Å². The van der Waals surface area contributed by atoms with Gasteiger partial charge in [-0.15, -0.1) is 0 Å². The first kappa shape index (κ1) is 14.3. The van der Waals surface area contributed by atoms with Crippen molar-refractivity contribution < 1.29 is 0 Å². The molecule has 2 fully saturated rings. The summed E-state index contributed by atoms with van der Waals surface area (Å²) in [5.41, 5.74) is 6.64. The van der Waals surface area contributed by atoms with E-state index in [0.29, 0.717) is 5.54 Å². The summed E-state index contributed by atoms with van der Waals surface area (Å²) in [6, 6.07) is 0.739. The quantitative estimate of drug-likeness (QED) is 0.832. The van der Waals surface area contributed by atoms with E-state index in [1.807, 2.05) is 0 Å². The van der Waals surface area contributed by atoms with Gasteiger partial charge in [0.15, 0.2) is 0 Å². The number of likely N-dealkylation sites (tertiary alicyclic amines) is 1. The Morgan fingerprint density at radius 2 is 1.89 bits per heavy atom. The van der Waals surface area contributed by atoms with Crippen LogP contribution in [-0.4, -0.2) is 29.6 Å². The highest BCUT2D eigenvalue weighted by molar-refractivity contribution is 5.01. The van der Waals surface area contributed by atoms with Crippen LogP contribution in [0.2, 0.25) is 0 Å². The zero-order chi connectivity index (χ0) is 13.0. The first-order valence-electron chi connectivity index (χ1n) is 8.21. The maximum atomic E-state index is 6.31. The highest BCUT2D eigenvalue weighted by atomic mass is 15.2. The van der Waals surface area contributed by atoms with Crippen molar-refractivity contribution in [1.29, 1.82) is 0 Å². The lowest BCUT2D eigenvalue weighted by atomic mass is 9.69. The molecule has 1 heterocycles. The summed E-state index contributed by atoms with van der Waals surface area (Å²) in [6.45, 7) is 6.96. The Hall–Kier alpha value is -0.0800. The van der Waals surface area contributed by atoms with Gasteiger partial charge < -0.3 is 5.73 Å². The molecule has 106 valence electrons. The van der Waals surface area contributed by atoms with Gasteiger partial charge in [0.1, 0.15) is 0 Å². The third-order valence-electron chi connectivity index (χ3n) is 5.64. The molecule has 2 N–H and O–H groups in total. The highest BCUT2D eigenvalue weighted by Gasteiger charge is 2.44. The lowest BCUT2D eigenvalue weighted by Gasteiger charge is -2.53. The van der Waals surface area contributed by atoms with Crippen molar-refractivity contribution in [2.45, 2.75) is 83.2 Å². The largest absolute Gasteiger partial charge is 0.329 e. The fourth-order valence-electron chi connectivity index (χ4n) is 4.58. The number of nitrogens with two attached hydrogens (primary N) is 1. The maximum absolute atomic E-state index is 6.31. The van der Waals surface area contributed by atoms with E-state index in [-0.39, 0.29) is 0 Å². The molecule has 2 nitrogen and oxygen atoms in total. The Balaban J connectivity index is 2.22. The first-order chi connectivity index (χ1) is 8.74. The molecular weight excluding hydrogens is 220 g/mol. The number of nitrogens with zero attached hydrogens (tertiary/aromatic N) is 1. The predicted octanol–water partition coefficient (Wildman–Crippen LogP) is 3.55. The van der Waals surface area contributed by atoms with Gasteiger partial charge in [-0.1, -0.05) is 39.0 Å². The second kappa shape index (κ2) is 6.38. The van der Waals surface area contributed by atoms with Crippen molar-refractivity contribution in [2.75, 3.05) is 13.1 Å². The maximum Gasteiger partial charge on any atom is 0.0362 e. The average molecular weight is 252 g/mol. The average Bonchev–Trinajstić information content (AvgIpc) is 2.63. The summed E-state index contributed by atoms with van der Waals surface area (Å²) in [5, 5.41) is 0. The van der Waals surface area contributed by atoms with E-state index < -0.39 is 0 Å². The third kappa shape index (κ3) is 2.60. The van der Waals surface area contributed by atoms with E-state index in [2.05, 4.69) is 18.7 Å². The summed E-state index contributed by atoms with van der Waals surface area (Å²) in [5.74, 6) is 0.830. The molecule has 1 aliphatic carbocycles. The molecule has 0 bridgehead atoms. The van der Waals surface area contributed by atoms with Crippen LogP contribution in [0.25, 0.3) is 0 Å². The van der Waals surface area contributed by atoms with E-state index in [1.54, 1.807) is 0 Å². The zero-order valence-electron chi connectivity index (χ0n) is 12.5. The lowest BCUT2D eigenvalue weighted by molar-refractivity contribution is -0.0198. The van der Waals surface area contributed by atoms with Crippen molar-refractivity contribution in [1.82, 2.24) is 4.90 Å². The van der Waals surface area contributed by atoms with Crippen molar-refractivity contribution in [2.24, 2.45) is 11.7 Å². The molecule has 0 aromatic carbocycles. The Morgan fingerprint density at radius 3 is 2.61 bits per heavy atom. The summed E-state index contributed by atoms with van der Waals surface area (Å²) in [4.78, 5) is 2.83. The summed E-state index contributed by atoms with van der Waals surface area (Å²) < 4.78 is 0. The first-order valence-corrected chi connectivity index (χ1v) is 8.21. The van der Waals surface area contributed by atoms with E-state index in [9.17, 15) is 0 Å². The molecule has 0 radical (unpaired) electrons. The van der Waals surface area contributed by atoms with Gasteiger partial charge in [0, 0.05) is 18.1 Å². The topological polar surface area (TPSA) is 29.3 Å². The molecule has 3 atom stereocenters. The summed E-state index contributed by atoms with van der Waals surface area (Å²) in [6.07, 6.45) is 12.4. The molecule has 0 amide bonds. The van der Waals surface area contributed by atoms with Crippen molar-refractivity contribution in [3.8, 4) is 0 Å². The van der Waals surface area contributed by atoms with E-state index in [0.717, 1.165) is 18.5 Å². The zero-order valence-corrected chi connectivity index (χ0v) is 12.5. The van der Waals surface area contributed by atoms with Gasteiger partial charge in [0.05, 0.1) is 0 Å². The van der Waals surface area contributed by atoms with Crippen molar-refractivity contribution in [3.05, 3.63) is 0 Å². The van der Waals surface area contributed by atoms with Crippen molar-refractivity contribution in [3.63, 3.8) is 0 Å². The fraction of sp³-hybridized carbons (Fsp3) is 1.00. The van der Waals surface area contributed by atoms with Gasteiger partial charge in [0.25, 0.3) is 0 Å². The van der Waals surface area contributed by atoms with Gasteiger partial charge in [-0.2, -0.15) is 0 Å². The van der Waals surface area contributed by atoms with Crippen molar-refractivity contribution >= 4 is 0 Å². The Morgan fingerprint density at radius 1 is 1.11 bits per heavy atom. The number of rotatable bonds is 3. The van der Waals surface area contributed by atoms with Gasteiger partial charge in [-0.3, -0.25) is 4.90 Å². The highest BCUT2D eigenvalue weighted by Crippen LogP contribution is 2.42. The number of hydrogen-bond donors (Lipinski definition) is 1. The second-order valence-corrected chi connectivity index (χ2v) is 6.55. The molecule has 3 unspecified atom stereocenters. The molecule has 2 aliphatic rings. The Labute approximate surface area is 113 Å². The molecule has 0 spiro atoms. The van der Waals surface area contributed by atoms with Gasteiger partial charge in [-0.25, -0.2) is 0 Å². The van der Waals surface area contributed by atoms with Gasteiger partial charge in [-0.05, 0) is 45.1 Å². The van der Waals surface area contributed by atoms with Crippen LogP contribution in [0.1, 0.15) is 71.6 Å². The molecule has 1 aliphatic heterocycles. The fourth-order valence-corrected chi connectivity index (χ4v) is 4.58. The van der Waals surface area contributed by atoms with Crippen LogP contribution in [0.4, 0.5) is 0 Å².